The highest BCUT2D eigenvalue weighted by Gasteiger charge is 2.35. The average Bonchev–Trinajstić information content (AvgIpc) is 3.62. The van der Waals surface area contributed by atoms with Gasteiger partial charge in [0.05, 0.1) is 36.3 Å². The van der Waals surface area contributed by atoms with Crippen LogP contribution in [0.4, 0.5) is 23.0 Å². The van der Waals surface area contributed by atoms with Gasteiger partial charge in [-0.1, -0.05) is 0 Å². The van der Waals surface area contributed by atoms with Crippen molar-refractivity contribution in [1.29, 1.82) is 0 Å². The topological polar surface area (TPSA) is 152 Å². The van der Waals surface area contributed by atoms with E-state index in [0.717, 1.165) is 18.5 Å². The molecule has 2 amide bonds. The molecule has 1 aliphatic heterocycles. The minimum Gasteiger partial charge on any atom is -0.494 e. The fourth-order valence-electron chi connectivity index (χ4n) is 4.04. The molecule has 182 valence electrons. The Kier molecular flexibility index (Phi) is 4.62. The molecule has 35 heavy (non-hydrogen) atoms. The molecule has 4 heterocycles. The standard InChI is InChI=1S/C22H26N10O3/c1-10-16-18(30-32(4)29-16)15-13(35-5)9-24-20(19(15)31(10)3)25-12-8-14(26-21(33)11-6-7-11)27-28-17(12)22(34)23-2/h8-11H,6-7H2,1-5H3,(H,23,34)(H2,24,25,26,27,33)/t10-/m1/s1/i2D3. The van der Waals surface area contributed by atoms with Crippen LogP contribution in [0.25, 0.3) is 11.3 Å². The maximum absolute atomic E-state index is 12.8. The third-order valence-corrected chi connectivity index (χ3v) is 6.12. The molecule has 1 fully saturated rings. The number of aromatic nitrogens is 6. The summed E-state index contributed by atoms with van der Waals surface area (Å²) in [6.07, 6.45) is 3.09. The van der Waals surface area contributed by atoms with Crippen LogP contribution in [0, 0.1) is 5.92 Å². The van der Waals surface area contributed by atoms with Crippen LogP contribution in [0.1, 0.15) is 46.1 Å². The number of anilines is 4. The van der Waals surface area contributed by atoms with Gasteiger partial charge in [-0.25, -0.2) is 4.98 Å². The second-order valence-electron chi connectivity index (χ2n) is 8.44. The van der Waals surface area contributed by atoms with Crippen LogP contribution >= 0.6 is 0 Å². The molecule has 5 rings (SSSR count). The zero-order valence-corrected chi connectivity index (χ0v) is 19.6. The Morgan fingerprint density at radius 1 is 1.23 bits per heavy atom. The van der Waals surface area contributed by atoms with Crippen molar-refractivity contribution in [3.05, 3.63) is 23.7 Å². The second-order valence-corrected chi connectivity index (χ2v) is 8.44. The third kappa shape index (κ3) is 3.88. The zero-order valence-electron chi connectivity index (χ0n) is 22.6. The lowest BCUT2D eigenvalue weighted by Gasteiger charge is -2.34. The van der Waals surface area contributed by atoms with E-state index in [9.17, 15) is 9.59 Å². The van der Waals surface area contributed by atoms with Gasteiger partial charge in [-0.15, -0.1) is 10.2 Å². The van der Waals surface area contributed by atoms with E-state index in [1.165, 1.54) is 24.2 Å². The Morgan fingerprint density at radius 3 is 2.74 bits per heavy atom. The first-order chi connectivity index (χ1) is 18.0. The summed E-state index contributed by atoms with van der Waals surface area (Å²) in [4.78, 5) is 33.1. The number of hydrogen-bond acceptors (Lipinski definition) is 10. The van der Waals surface area contributed by atoms with Crippen molar-refractivity contribution in [3.63, 3.8) is 0 Å². The molecule has 3 aromatic rings. The quantitative estimate of drug-likeness (QED) is 0.474. The lowest BCUT2D eigenvalue weighted by Crippen LogP contribution is -2.28. The van der Waals surface area contributed by atoms with E-state index in [1.54, 1.807) is 7.05 Å². The molecule has 1 aliphatic carbocycles. The molecule has 3 aromatic heterocycles. The van der Waals surface area contributed by atoms with Gasteiger partial charge < -0.3 is 25.6 Å². The third-order valence-electron chi connectivity index (χ3n) is 6.12. The van der Waals surface area contributed by atoms with Crippen LogP contribution in [0.15, 0.2) is 12.3 Å². The van der Waals surface area contributed by atoms with Crippen LogP contribution in [-0.4, -0.2) is 63.1 Å². The monoisotopic (exact) mass is 481 g/mol. The van der Waals surface area contributed by atoms with E-state index in [-0.39, 0.29) is 35.1 Å². The zero-order chi connectivity index (χ0) is 27.4. The summed E-state index contributed by atoms with van der Waals surface area (Å²) >= 11 is 0. The number of ether oxygens (including phenoxy) is 1. The molecular weight excluding hydrogens is 452 g/mol. The molecule has 0 saturated heterocycles. The van der Waals surface area contributed by atoms with E-state index in [2.05, 4.69) is 36.0 Å². The Labute approximate surface area is 205 Å². The molecule has 2 aliphatic rings. The number of pyridine rings is 1. The normalized spacial score (nSPS) is 17.9. The fraction of sp³-hybridized carbons (Fsp3) is 0.409. The molecule has 13 nitrogen and oxygen atoms in total. The summed E-state index contributed by atoms with van der Waals surface area (Å²) in [7, 11) is 5.12. The summed E-state index contributed by atoms with van der Waals surface area (Å²) in [5, 5.41) is 24.6. The van der Waals surface area contributed by atoms with Crippen LogP contribution in [0.5, 0.6) is 5.75 Å². The molecular formula is C22H26N10O3. The number of fused-ring (bicyclic) bond motifs is 3. The SMILES string of the molecule is [2H]C([2H])([2H])NC(=O)c1nnc(NC(=O)C2CC2)cc1Nc1ncc(OC)c2c1N(C)[C@H](C)c1nn(C)nc1-2. The van der Waals surface area contributed by atoms with Crippen molar-refractivity contribution in [2.24, 2.45) is 13.0 Å². The van der Waals surface area contributed by atoms with Gasteiger partial charge in [-0.2, -0.15) is 15.0 Å². The number of nitrogens with one attached hydrogen (secondary N) is 3. The minimum atomic E-state index is -2.75. The van der Waals surface area contributed by atoms with Crippen LogP contribution in [0.2, 0.25) is 0 Å². The number of methoxy groups -OCH3 is 1. The number of nitrogens with zero attached hydrogens (tertiary/aromatic N) is 7. The van der Waals surface area contributed by atoms with Crippen LogP contribution in [0.3, 0.4) is 0 Å². The van der Waals surface area contributed by atoms with Gasteiger partial charge in [0.1, 0.15) is 17.1 Å². The molecule has 0 radical (unpaired) electrons. The molecule has 13 heteroatoms. The largest absolute Gasteiger partial charge is 0.494 e. The minimum absolute atomic E-state index is 0.0849. The maximum Gasteiger partial charge on any atom is 0.273 e. The highest BCUT2D eigenvalue weighted by molar-refractivity contribution is 6.01. The lowest BCUT2D eigenvalue weighted by molar-refractivity contribution is -0.117. The molecule has 3 N–H and O–H groups in total. The molecule has 0 bridgehead atoms. The van der Waals surface area contributed by atoms with Gasteiger partial charge in [0.15, 0.2) is 17.3 Å². The predicted octanol–water partition coefficient (Wildman–Crippen LogP) is 1.64. The van der Waals surface area contributed by atoms with Gasteiger partial charge in [0, 0.05) is 37.2 Å². The number of carbonyl (C=O) groups is 2. The Hall–Kier alpha value is -4.29. The van der Waals surface area contributed by atoms with Crippen LogP contribution in [-0.2, 0) is 11.8 Å². The lowest BCUT2D eigenvalue weighted by atomic mass is 9.98. The van der Waals surface area contributed by atoms with Crippen molar-refractivity contribution in [1.82, 2.24) is 35.5 Å². The van der Waals surface area contributed by atoms with Crippen molar-refractivity contribution < 1.29 is 18.4 Å². The highest BCUT2D eigenvalue weighted by Crippen LogP contribution is 2.49. The molecule has 0 aromatic carbocycles. The number of carbonyl (C=O) groups excluding carboxylic acids is 2. The highest BCUT2D eigenvalue weighted by atomic mass is 16.5. The molecule has 0 spiro atoms. The average molecular weight is 482 g/mol. The Bertz CT molecular complexity index is 1440. The van der Waals surface area contributed by atoms with Gasteiger partial charge in [-0.05, 0) is 19.8 Å². The first-order valence-electron chi connectivity index (χ1n) is 12.5. The second kappa shape index (κ2) is 8.49. The smallest absolute Gasteiger partial charge is 0.273 e. The number of aryl methyl sites for hydroxylation is 1. The summed E-state index contributed by atoms with van der Waals surface area (Å²) < 4.78 is 27.8. The van der Waals surface area contributed by atoms with E-state index in [4.69, 9.17) is 8.85 Å². The first-order valence-corrected chi connectivity index (χ1v) is 11.0. The van der Waals surface area contributed by atoms with E-state index < -0.39 is 12.9 Å². The van der Waals surface area contributed by atoms with Crippen molar-refractivity contribution in [2.75, 3.05) is 36.7 Å². The summed E-state index contributed by atoms with van der Waals surface area (Å²) in [5.74, 6) is -0.360. The summed E-state index contributed by atoms with van der Waals surface area (Å²) in [6, 6.07) is 1.24. The van der Waals surface area contributed by atoms with Crippen LogP contribution < -0.4 is 25.6 Å². The van der Waals surface area contributed by atoms with Gasteiger partial charge in [0.2, 0.25) is 5.91 Å². The Morgan fingerprint density at radius 2 is 2.03 bits per heavy atom. The Balaban J connectivity index is 1.61. The fourth-order valence-corrected chi connectivity index (χ4v) is 4.04. The van der Waals surface area contributed by atoms with Crippen molar-refractivity contribution in [2.45, 2.75) is 25.8 Å². The molecule has 1 atom stereocenters. The van der Waals surface area contributed by atoms with E-state index >= 15 is 0 Å². The van der Waals surface area contributed by atoms with E-state index in [1.807, 2.05) is 24.2 Å². The predicted molar refractivity (Wildman–Crippen MR) is 128 cm³/mol. The molecule has 1 saturated carbocycles. The number of hydrogen-bond donors (Lipinski definition) is 3. The first kappa shape index (κ1) is 19.1. The summed E-state index contributed by atoms with van der Waals surface area (Å²) in [5.41, 5.74) is 2.45. The van der Waals surface area contributed by atoms with Crippen molar-refractivity contribution in [3.8, 4) is 17.0 Å². The number of rotatable bonds is 6. The maximum atomic E-state index is 12.8. The number of amides is 2. The summed E-state index contributed by atoms with van der Waals surface area (Å²) in [6.45, 7) is -0.779. The van der Waals surface area contributed by atoms with Gasteiger partial charge in [-0.3, -0.25) is 9.59 Å². The van der Waals surface area contributed by atoms with Gasteiger partial charge >= 0.3 is 0 Å². The van der Waals surface area contributed by atoms with E-state index in [0.29, 0.717) is 28.5 Å². The van der Waals surface area contributed by atoms with Gasteiger partial charge in [0.25, 0.3) is 5.91 Å². The molecule has 0 unspecified atom stereocenters. The van der Waals surface area contributed by atoms with Crippen molar-refractivity contribution >= 4 is 34.8 Å².